The molecule has 0 saturated heterocycles. The van der Waals surface area contributed by atoms with Crippen molar-refractivity contribution in [2.45, 2.75) is 70.3 Å². The Morgan fingerprint density at radius 1 is 1.16 bits per heavy atom. The molecule has 4 nitrogen and oxygen atoms in total. The van der Waals surface area contributed by atoms with Crippen molar-refractivity contribution < 1.29 is 0 Å². The van der Waals surface area contributed by atoms with Gasteiger partial charge in [0.15, 0.2) is 0 Å². The lowest BCUT2D eigenvalue weighted by Crippen LogP contribution is -2.16. The number of nitriles is 1. The maximum atomic E-state index is 8.93. The molecule has 0 atom stereocenters. The molecule has 1 aromatic rings. The summed E-state index contributed by atoms with van der Waals surface area (Å²) in [5.74, 6) is 1.50. The van der Waals surface area contributed by atoms with E-state index in [4.69, 9.17) is 5.26 Å². The quantitative estimate of drug-likeness (QED) is 0.815. The average molecular weight is 258 g/mol. The van der Waals surface area contributed by atoms with Crippen LogP contribution >= 0.6 is 0 Å². The van der Waals surface area contributed by atoms with Crippen LogP contribution in [0.2, 0.25) is 0 Å². The first-order chi connectivity index (χ1) is 9.38. The van der Waals surface area contributed by atoms with Gasteiger partial charge in [-0.3, -0.25) is 0 Å². The lowest BCUT2D eigenvalue weighted by atomic mass is 9.83. The van der Waals surface area contributed by atoms with Crippen molar-refractivity contribution in [3.05, 3.63) is 11.4 Å². The Kier molecular flexibility index (Phi) is 3.82. The Bertz CT molecular complexity index is 461. The van der Waals surface area contributed by atoms with Gasteiger partial charge in [-0.05, 0) is 25.2 Å². The summed E-state index contributed by atoms with van der Waals surface area (Å²) in [6, 6.07) is 2.23. The van der Waals surface area contributed by atoms with E-state index in [-0.39, 0.29) is 0 Å². The van der Waals surface area contributed by atoms with Crippen molar-refractivity contribution in [2.75, 3.05) is 0 Å². The molecule has 3 rings (SSSR count). The number of aryl methyl sites for hydroxylation is 1. The van der Waals surface area contributed by atoms with E-state index < -0.39 is 0 Å². The van der Waals surface area contributed by atoms with Gasteiger partial charge < -0.3 is 0 Å². The van der Waals surface area contributed by atoms with Gasteiger partial charge in [-0.1, -0.05) is 37.3 Å². The molecule has 4 heteroatoms. The molecule has 0 radical (unpaired) electrons. The average Bonchev–Trinajstić information content (AvgIpc) is 2.96. The van der Waals surface area contributed by atoms with E-state index in [0.717, 1.165) is 18.2 Å². The van der Waals surface area contributed by atoms with Crippen molar-refractivity contribution in [1.29, 1.82) is 5.26 Å². The van der Waals surface area contributed by atoms with Crippen LogP contribution in [0.3, 0.4) is 0 Å². The summed E-state index contributed by atoms with van der Waals surface area (Å²) in [4.78, 5) is 0. The Morgan fingerprint density at radius 3 is 2.58 bits per heavy atom. The normalized spacial score (nSPS) is 20.4. The molecule has 0 aliphatic heterocycles. The highest BCUT2D eigenvalue weighted by molar-refractivity contribution is 5.20. The van der Waals surface area contributed by atoms with E-state index in [0.29, 0.717) is 12.3 Å². The predicted octanol–water partition coefficient (Wildman–Crippen LogP) is 3.19. The van der Waals surface area contributed by atoms with Gasteiger partial charge in [0.2, 0.25) is 0 Å². The Morgan fingerprint density at radius 2 is 1.95 bits per heavy atom. The lowest BCUT2D eigenvalue weighted by molar-refractivity contribution is 0.274. The Labute approximate surface area is 114 Å². The third kappa shape index (κ3) is 2.65. The first-order valence-electron chi connectivity index (χ1n) is 7.67. The fourth-order valence-electron chi connectivity index (χ4n) is 3.45. The van der Waals surface area contributed by atoms with Crippen LogP contribution in [0.25, 0.3) is 0 Å². The fraction of sp³-hybridized carbons (Fsp3) is 0.800. The SMILES string of the molecule is N#CCc1nnn(CCC2CCC2)c1C1CCCC1. The van der Waals surface area contributed by atoms with E-state index in [2.05, 4.69) is 21.1 Å². The second-order valence-electron chi connectivity index (χ2n) is 6.05. The number of hydrogen-bond acceptors (Lipinski definition) is 3. The van der Waals surface area contributed by atoms with Crippen LogP contribution in [-0.4, -0.2) is 15.0 Å². The number of nitrogens with zero attached hydrogens (tertiary/aromatic N) is 4. The van der Waals surface area contributed by atoms with Crippen LogP contribution in [0.15, 0.2) is 0 Å². The molecule has 0 spiro atoms. The number of aromatic nitrogens is 3. The topological polar surface area (TPSA) is 54.5 Å². The molecule has 0 amide bonds. The number of rotatable bonds is 5. The first kappa shape index (κ1) is 12.7. The zero-order valence-electron chi connectivity index (χ0n) is 11.5. The van der Waals surface area contributed by atoms with Gasteiger partial charge in [0, 0.05) is 12.5 Å². The molecule has 2 fully saturated rings. The van der Waals surface area contributed by atoms with Gasteiger partial charge in [0.25, 0.3) is 0 Å². The van der Waals surface area contributed by atoms with E-state index in [1.165, 1.54) is 57.1 Å². The molecule has 2 aliphatic carbocycles. The summed E-state index contributed by atoms with van der Waals surface area (Å²) in [6.45, 7) is 0.995. The van der Waals surface area contributed by atoms with Crippen LogP contribution in [0.5, 0.6) is 0 Å². The third-order valence-electron chi connectivity index (χ3n) is 4.81. The van der Waals surface area contributed by atoms with Crippen LogP contribution in [0.1, 0.15) is 68.7 Å². The maximum absolute atomic E-state index is 8.93. The highest BCUT2D eigenvalue weighted by Crippen LogP contribution is 2.36. The molecule has 0 aromatic carbocycles. The van der Waals surface area contributed by atoms with Crippen molar-refractivity contribution in [2.24, 2.45) is 5.92 Å². The standard InChI is InChI=1S/C15H22N4/c16-10-8-14-15(13-6-1-2-7-13)19(18-17-14)11-9-12-4-3-5-12/h12-13H,1-9,11H2. The van der Waals surface area contributed by atoms with Gasteiger partial charge in [-0.25, -0.2) is 4.68 Å². The van der Waals surface area contributed by atoms with Gasteiger partial charge in [-0.2, -0.15) is 5.26 Å². The van der Waals surface area contributed by atoms with Crippen LogP contribution < -0.4 is 0 Å². The minimum atomic E-state index is 0.412. The summed E-state index contributed by atoms with van der Waals surface area (Å²) in [5, 5.41) is 17.5. The fourth-order valence-corrected chi connectivity index (χ4v) is 3.45. The third-order valence-corrected chi connectivity index (χ3v) is 4.81. The van der Waals surface area contributed by atoms with Crippen LogP contribution in [-0.2, 0) is 13.0 Å². The second kappa shape index (κ2) is 5.73. The molecule has 0 unspecified atom stereocenters. The minimum Gasteiger partial charge on any atom is -0.249 e. The molecular weight excluding hydrogens is 236 g/mol. The molecule has 1 aromatic heterocycles. The zero-order chi connectivity index (χ0) is 13.1. The highest BCUT2D eigenvalue weighted by atomic mass is 15.4. The first-order valence-corrected chi connectivity index (χ1v) is 7.67. The second-order valence-corrected chi connectivity index (χ2v) is 6.05. The van der Waals surface area contributed by atoms with Gasteiger partial charge in [-0.15, -0.1) is 5.10 Å². The Hall–Kier alpha value is -1.37. The molecule has 0 bridgehead atoms. The monoisotopic (exact) mass is 258 g/mol. The molecule has 19 heavy (non-hydrogen) atoms. The van der Waals surface area contributed by atoms with Crippen LogP contribution in [0.4, 0.5) is 0 Å². The molecular formula is C15H22N4. The van der Waals surface area contributed by atoms with E-state index >= 15 is 0 Å². The molecule has 2 aliphatic rings. The maximum Gasteiger partial charge on any atom is 0.100 e. The Balaban J connectivity index is 1.75. The molecule has 102 valence electrons. The summed E-state index contributed by atoms with van der Waals surface area (Å²) in [5.41, 5.74) is 2.21. The molecule has 1 heterocycles. The largest absolute Gasteiger partial charge is 0.249 e. The van der Waals surface area contributed by atoms with Gasteiger partial charge in [0.1, 0.15) is 5.69 Å². The van der Waals surface area contributed by atoms with E-state index in [1.54, 1.807) is 0 Å². The summed E-state index contributed by atoms with van der Waals surface area (Å²) >= 11 is 0. The number of hydrogen-bond donors (Lipinski definition) is 0. The van der Waals surface area contributed by atoms with Crippen molar-refractivity contribution in [3.63, 3.8) is 0 Å². The lowest BCUT2D eigenvalue weighted by Gasteiger charge is -2.25. The molecule has 2 saturated carbocycles. The zero-order valence-corrected chi connectivity index (χ0v) is 11.5. The van der Waals surface area contributed by atoms with Gasteiger partial charge >= 0.3 is 0 Å². The van der Waals surface area contributed by atoms with E-state index in [1.807, 2.05) is 0 Å². The predicted molar refractivity (Wildman–Crippen MR) is 72.5 cm³/mol. The van der Waals surface area contributed by atoms with Crippen molar-refractivity contribution >= 4 is 0 Å². The summed E-state index contributed by atoms with van der Waals surface area (Å²) in [6.07, 6.45) is 10.9. The van der Waals surface area contributed by atoms with E-state index in [9.17, 15) is 0 Å². The smallest absolute Gasteiger partial charge is 0.100 e. The summed E-state index contributed by atoms with van der Waals surface area (Å²) in [7, 11) is 0. The van der Waals surface area contributed by atoms with Crippen LogP contribution in [0, 0.1) is 17.2 Å². The minimum absolute atomic E-state index is 0.412. The highest BCUT2D eigenvalue weighted by Gasteiger charge is 2.26. The molecule has 0 N–H and O–H groups in total. The summed E-state index contributed by atoms with van der Waals surface area (Å²) < 4.78 is 2.11. The van der Waals surface area contributed by atoms with Crippen molar-refractivity contribution in [3.8, 4) is 6.07 Å². The van der Waals surface area contributed by atoms with Gasteiger partial charge in [0.05, 0.1) is 18.2 Å². The van der Waals surface area contributed by atoms with Crippen molar-refractivity contribution in [1.82, 2.24) is 15.0 Å².